The van der Waals surface area contributed by atoms with Crippen molar-refractivity contribution in [3.8, 4) is 0 Å². The Morgan fingerprint density at radius 2 is 1.96 bits per heavy atom. The molecule has 3 aliphatic rings. The first-order chi connectivity index (χ1) is 12.9. The predicted molar refractivity (Wildman–Crippen MR) is 101 cm³/mol. The molecule has 0 aromatic carbocycles. The van der Waals surface area contributed by atoms with Crippen LogP contribution in [0.25, 0.3) is 0 Å². The molecule has 0 radical (unpaired) electrons. The normalized spacial score (nSPS) is 28.0. The maximum absolute atomic E-state index is 13.3. The molecule has 7 heteroatoms. The Labute approximate surface area is 161 Å². The summed E-state index contributed by atoms with van der Waals surface area (Å²) >= 11 is 0. The first-order valence-electron chi connectivity index (χ1n) is 10.5. The Balaban J connectivity index is 1.79. The van der Waals surface area contributed by atoms with Crippen molar-refractivity contribution in [1.82, 2.24) is 15.5 Å². The van der Waals surface area contributed by atoms with Crippen LogP contribution >= 0.6 is 0 Å². The Hall–Kier alpha value is -1.63. The van der Waals surface area contributed by atoms with Gasteiger partial charge < -0.3 is 20.3 Å². The molecule has 0 aromatic rings. The van der Waals surface area contributed by atoms with Crippen molar-refractivity contribution in [3.63, 3.8) is 0 Å². The average Bonchev–Trinajstić information content (AvgIpc) is 3.41. The fourth-order valence-electron chi connectivity index (χ4n) is 4.40. The summed E-state index contributed by atoms with van der Waals surface area (Å²) in [5, 5.41) is 5.93. The molecule has 3 fully saturated rings. The van der Waals surface area contributed by atoms with Crippen molar-refractivity contribution in [3.05, 3.63) is 0 Å². The molecular weight excluding hydrogens is 346 g/mol. The van der Waals surface area contributed by atoms with E-state index in [0.717, 1.165) is 38.5 Å². The quantitative estimate of drug-likeness (QED) is 0.702. The van der Waals surface area contributed by atoms with Crippen molar-refractivity contribution < 1.29 is 19.1 Å². The molecule has 2 N–H and O–H groups in total. The van der Waals surface area contributed by atoms with Gasteiger partial charge >= 0.3 is 0 Å². The van der Waals surface area contributed by atoms with Crippen LogP contribution in [0.2, 0.25) is 0 Å². The molecule has 3 atom stereocenters. The number of carbonyl (C=O) groups excluding carboxylic acids is 3. The predicted octanol–water partition coefficient (Wildman–Crippen LogP) is 1.50. The van der Waals surface area contributed by atoms with Crippen LogP contribution in [0.15, 0.2) is 0 Å². The highest BCUT2D eigenvalue weighted by Gasteiger charge is 2.45. The van der Waals surface area contributed by atoms with Gasteiger partial charge in [0, 0.05) is 25.6 Å². The van der Waals surface area contributed by atoms with E-state index in [4.69, 9.17) is 4.74 Å². The second-order valence-corrected chi connectivity index (χ2v) is 8.32. The van der Waals surface area contributed by atoms with Gasteiger partial charge in [0.15, 0.2) is 0 Å². The van der Waals surface area contributed by atoms with E-state index < -0.39 is 11.6 Å². The van der Waals surface area contributed by atoms with Crippen LogP contribution in [-0.4, -0.2) is 59.5 Å². The van der Waals surface area contributed by atoms with Crippen LogP contribution < -0.4 is 10.6 Å². The number of amides is 3. The summed E-state index contributed by atoms with van der Waals surface area (Å²) in [5.41, 5.74) is -0.945. The smallest absolute Gasteiger partial charge is 0.246 e. The van der Waals surface area contributed by atoms with Crippen LogP contribution in [0, 0.1) is 0 Å². The highest BCUT2D eigenvalue weighted by atomic mass is 16.5. The second kappa shape index (κ2) is 8.59. The molecule has 152 valence electrons. The first kappa shape index (κ1) is 20.1. The second-order valence-electron chi connectivity index (χ2n) is 8.32. The minimum atomic E-state index is -0.945. The van der Waals surface area contributed by atoms with Crippen LogP contribution in [0.1, 0.15) is 71.6 Å². The molecule has 0 bridgehead atoms. The maximum atomic E-state index is 13.3. The topological polar surface area (TPSA) is 87.7 Å². The molecule has 0 unspecified atom stereocenters. The van der Waals surface area contributed by atoms with Crippen molar-refractivity contribution in [1.29, 1.82) is 0 Å². The number of hydrogen-bond donors (Lipinski definition) is 2. The van der Waals surface area contributed by atoms with Gasteiger partial charge in [0.1, 0.15) is 11.6 Å². The van der Waals surface area contributed by atoms with Gasteiger partial charge in [-0.2, -0.15) is 0 Å². The average molecular weight is 380 g/mol. The van der Waals surface area contributed by atoms with Crippen molar-refractivity contribution in [2.75, 3.05) is 13.2 Å². The van der Waals surface area contributed by atoms with Crippen molar-refractivity contribution in [2.24, 2.45) is 0 Å². The first-order valence-corrected chi connectivity index (χ1v) is 10.5. The third-order valence-electron chi connectivity index (χ3n) is 6.43. The number of nitrogens with one attached hydrogen (secondary N) is 2. The maximum Gasteiger partial charge on any atom is 0.246 e. The zero-order valence-electron chi connectivity index (χ0n) is 16.6. The number of ether oxygens (including phenoxy) is 1. The fourth-order valence-corrected chi connectivity index (χ4v) is 4.40. The van der Waals surface area contributed by atoms with E-state index in [2.05, 4.69) is 10.6 Å². The molecule has 2 heterocycles. The third kappa shape index (κ3) is 4.45. The molecular formula is C20H33N3O4. The lowest BCUT2D eigenvalue weighted by atomic mass is 9.92. The summed E-state index contributed by atoms with van der Waals surface area (Å²) in [6.07, 6.45) is 7.48. The van der Waals surface area contributed by atoms with Gasteiger partial charge in [-0.25, -0.2) is 0 Å². The zero-order valence-corrected chi connectivity index (χ0v) is 16.6. The zero-order chi connectivity index (χ0) is 19.4. The van der Waals surface area contributed by atoms with Gasteiger partial charge in [0.2, 0.25) is 17.7 Å². The van der Waals surface area contributed by atoms with Crippen molar-refractivity contribution in [2.45, 2.75) is 95.4 Å². The molecule has 2 aliphatic heterocycles. The van der Waals surface area contributed by atoms with E-state index in [1.807, 2.05) is 13.8 Å². The Morgan fingerprint density at radius 1 is 1.22 bits per heavy atom. The van der Waals surface area contributed by atoms with E-state index in [0.29, 0.717) is 32.4 Å². The SMILES string of the molecule is CC[C@](C)(C(=O)NC1CCCC1)N(C[C@H]1CCCO1)C(=O)[C@H]1CCC(=O)N1. The molecule has 2 saturated heterocycles. The standard InChI is InChI=1S/C20H33N3O4/c1-3-20(2,19(26)21-14-7-4-5-8-14)23(13-15-9-6-12-27-15)18(25)16-10-11-17(24)22-16/h14-16H,3-13H2,1-2H3,(H,21,26)(H,22,24)/t15-,16-,20-/m1/s1. The Kier molecular flexibility index (Phi) is 6.40. The van der Waals surface area contributed by atoms with E-state index in [-0.39, 0.29) is 29.9 Å². The highest BCUT2D eigenvalue weighted by Crippen LogP contribution is 2.27. The lowest BCUT2D eigenvalue weighted by Gasteiger charge is -2.42. The molecule has 7 nitrogen and oxygen atoms in total. The summed E-state index contributed by atoms with van der Waals surface area (Å²) < 4.78 is 5.76. The molecule has 27 heavy (non-hydrogen) atoms. The van der Waals surface area contributed by atoms with Gasteiger partial charge in [0.05, 0.1) is 6.10 Å². The van der Waals surface area contributed by atoms with Gasteiger partial charge in [-0.3, -0.25) is 14.4 Å². The molecule has 0 spiro atoms. The van der Waals surface area contributed by atoms with Crippen molar-refractivity contribution >= 4 is 17.7 Å². The largest absolute Gasteiger partial charge is 0.376 e. The van der Waals surface area contributed by atoms with Crippen LogP contribution in [-0.2, 0) is 19.1 Å². The summed E-state index contributed by atoms with van der Waals surface area (Å²) in [7, 11) is 0. The van der Waals surface area contributed by atoms with Crippen LogP contribution in [0.3, 0.4) is 0 Å². The highest BCUT2D eigenvalue weighted by molar-refractivity contribution is 5.96. The molecule has 0 aromatic heterocycles. The van der Waals surface area contributed by atoms with Gasteiger partial charge in [0.25, 0.3) is 0 Å². The summed E-state index contributed by atoms with van der Waals surface area (Å²) in [6, 6.07) is -0.335. The lowest BCUT2D eigenvalue weighted by Crippen LogP contribution is -2.63. The number of hydrogen-bond acceptors (Lipinski definition) is 4. The van der Waals surface area contributed by atoms with Crippen LogP contribution in [0.4, 0.5) is 0 Å². The Bertz CT molecular complexity index is 570. The van der Waals surface area contributed by atoms with Crippen LogP contribution in [0.5, 0.6) is 0 Å². The van der Waals surface area contributed by atoms with E-state index in [1.54, 1.807) is 4.90 Å². The third-order valence-corrected chi connectivity index (χ3v) is 6.43. The van der Waals surface area contributed by atoms with E-state index in [1.165, 1.54) is 0 Å². The number of rotatable bonds is 7. The monoisotopic (exact) mass is 379 g/mol. The van der Waals surface area contributed by atoms with Gasteiger partial charge in [-0.15, -0.1) is 0 Å². The molecule has 3 rings (SSSR count). The number of carbonyl (C=O) groups is 3. The minimum Gasteiger partial charge on any atom is -0.376 e. The summed E-state index contributed by atoms with van der Waals surface area (Å²) in [4.78, 5) is 39.8. The fraction of sp³-hybridized carbons (Fsp3) is 0.850. The summed E-state index contributed by atoms with van der Waals surface area (Å²) in [6.45, 7) is 4.88. The molecule has 1 saturated carbocycles. The molecule has 1 aliphatic carbocycles. The minimum absolute atomic E-state index is 0.0452. The Morgan fingerprint density at radius 3 is 2.52 bits per heavy atom. The van der Waals surface area contributed by atoms with Gasteiger partial charge in [-0.05, 0) is 45.4 Å². The van der Waals surface area contributed by atoms with E-state index >= 15 is 0 Å². The summed E-state index contributed by atoms with van der Waals surface area (Å²) in [5.74, 6) is -0.353. The number of nitrogens with zero attached hydrogens (tertiary/aromatic N) is 1. The van der Waals surface area contributed by atoms with E-state index in [9.17, 15) is 14.4 Å². The van der Waals surface area contributed by atoms with Gasteiger partial charge in [-0.1, -0.05) is 19.8 Å². The lowest BCUT2D eigenvalue weighted by molar-refractivity contribution is -0.151. The molecule has 3 amide bonds.